The van der Waals surface area contributed by atoms with Gasteiger partial charge in [0.1, 0.15) is 5.15 Å². The summed E-state index contributed by atoms with van der Waals surface area (Å²) in [7, 11) is 0. The van der Waals surface area contributed by atoms with Crippen molar-refractivity contribution in [2.24, 2.45) is 0 Å². The van der Waals surface area contributed by atoms with Crippen molar-refractivity contribution in [3.8, 4) is 10.7 Å². The van der Waals surface area contributed by atoms with Gasteiger partial charge in [0.05, 0.1) is 4.88 Å². The highest BCUT2D eigenvalue weighted by molar-refractivity contribution is 9.10. The fourth-order valence-electron chi connectivity index (χ4n) is 1.93. The van der Waals surface area contributed by atoms with Gasteiger partial charge in [-0.1, -0.05) is 11.6 Å². The lowest BCUT2D eigenvalue weighted by Gasteiger charge is -2.03. The Morgan fingerprint density at radius 2 is 2.19 bits per heavy atom. The number of hydrogen-bond donors (Lipinski definition) is 0. The van der Waals surface area contributed by atoms with E-state index in [4.69, 9.17) is 11.6 Å². The molecule has 82 valence electrons. The van der Waals surface area contributed by atoms with Crippen molar-refractivity contribution in [3.63, 3.8) is 0 Å². The molecule has 0 N–H and O–H groups in total. The molecule has 0 spiro atoms. The van der Waals surface area contributed by atoms with Gasteiger partial charge in [0.15, 0.2) is 5.82 Å². The average molecular weight is 316 g/mol. The first-order valence-electron chi connectivity index (χ1n) is 5.04. The number of aromatic nitrogens is 2. The fourth-order valence-corrected chi connectivity index (χ4v) is 3.57. The van der Waals surface area contributed by atoms with Crippen molar-refractivity contribution in [3.05, 3.63) is 32.3 Å². The van der Waals surface area contributed by atoms with Crippen LogP contribution in [0.2, 0.25) is 5.15 Å². The van der Waals surface area contributed by atoms with Gasteiger partial charge < -0.3 is 0 Å². The molecule has 2 heterocycles. The summed E-state index contributed by atoms with van der Waals surface area (Å²) in [5.41, 5.74) is 2.26. The lowest BCUT2D eigenvalue weighted by atomic mass is 10.2. The van der Waals surface area contributed by atoms with Crippen molar-refractivity contribution >= 4 is 38.9 Å². The van der Waals surface area contributed by atoms with Crippen molar-refractivity contribution in [1.82, 2.24) is 9.97 Å². The second kappa shape index (κ2) is 4.09. The van der Waals surface area contributed by atoms with E-state index in [1.165, 1.54) is 0 Å². The molecule has 0 radical (unpaired) electrons. The molecule has 5 heteroatoms. The van der Waals surface area contributed by atoms with Crippen molar-refractivity contribution in [2.75, 3.05) is 0 Å². The standard InChI is InChI=1S/C11H8BrClN2S/c12-6-4-9(16-5-6)11-14-8-3-1-2-7(8)10(13)15-11/h4-5H,1-3H2. The first-order valence-corrected chi connectivity index (χ1v) is 7.09. The molecule has 2 nitrogen and oxygen atoms in total. The van der Waals surface area contributed by atoms with Crippen LogP contribution in [-0.4, -0.2) is 9.97 Å². The Morgan fingerprint density at radius 3 is 2.94 bits per heavy atom. The predicted octanol–water partition coefficient (Wildman–Crippen LogP) is 4.11. The molecule has 0 bridgehead atoms. The normalized spacial score (nSPS) is 14.1. The summed E-state index contributed by atoms with van der Waals surface area (Å²) < 4.78 is 1.06. The van der Waals surface area contributed by atoms with Crippen LogP contribution in [0.5, 0.6) is 0 Å². The van der Waals surface area contributed by atoms with Crippen molar-refractivity contribution in [2.45, 2.75) is 19.3 Å². The van der Waals surface area contributed by atoms with Gasteiger partial charge in [0, 0.05) is 21.1 Å². The summed E-state index contributed by atoms with van der Waals surface area (Å²) in [6.07, 6.45) is 3.18. The van der Waals surface area contributed by atoms with E-state index in [0.717, 1.165) is 45.7 Å². The summed E-state index contributed by atoms with van der Waals surface area (Å²) in [5, 5.41) is 2.65. The molecule has 0 fully saturated rings. The van der Waals surface area contributed by atoms with Crippen LogP contribution in [0.1, 0.15) is 17.7 Å². The van der Waals surface area contributed by atoms with Gasteiger partial charge in [0.2, 0.25) is 0 Å². The molecule has 0 saturated heterocycles. The van der Waals surface area contributed by atoms with Crippen LogP contribution < -0.4 is 0 Å². The van der Waals surface area contributed by atoms with Crippen LogP contribution in [0, 0.1) is 0 Å². The summed E-state index contributed by atoms with van der Waals surface area (Å²) in [6, 6.07) is 2.03. The highest BCUT2D eigenvalue weighted by Crippen LogP contribution is 2.32. The third kappa shape index (κ3) is 1.79. The highest BCUT2D eigenvalue weighted by atomic mass is 79.9. The van der Waals surface area contributed by atoms with Crippen LogP contribution >= 0.6 is 38.9 Å². The van der Waals surface area contributed by atoms with E-state index in [2.05, 4.69) is 25.9 Å². The first kappa shape index (κ1) is 10.7. The molecule has 16 heavy (non-hydrogen) atoms. The summed E-state index contributed by atoms with van der Waals surface area (Å²) in [6.45, 7) is 0. The Bertz CT molecular complexity index is 553. The van der Waals surface area contributed by atoms with Gasteiger partial charge in [0.25, 0.3) is 0 Å². The molecule has 0 atom stereocenters. The van der Waals surface area contributed by atoms with Crippen LogP contribution in [0.3, 0.4) is 0 Å². The molecular weight excluding hydrogens is 308 g/mol. The molecule has 2 aromatic rings. The van der Waals surface area contributed by atoms with Crippen LogP contribution in [0.25, 0.3) is 10.7 Å². The van der Waals surface area contributed by atoms with Gasteiger partial charge in [-0.05, 0) is 41.3 Å². The Labute approximate surface area is 111 Å². The number of fused-ring (bicyclic) bond motifs is 1. The van der Waals surface area contributed by atoms with Gasteiger partial charge in [-0.3, -0.25) is 0 Å². The molecule has 1 aliphatic carbocycles. The zero-order valence-electron chi connectivity index (χ0n) is 8.33. The van der Waals surface area contributed by atoms with E-state index < -0.39 is 0 Å². The summed E-state index contributed by atoms with van der Waals surface area (Å²) >= 11 is 11.2. The van der Waals surface area contributed by atoms with E-state index in [-0.39, 0.29) is 0 Å². The Morgan fingerprint density at radius 1 is 1.31 bits per heavy atom. The van der Waals surface area contributed by atoms with E-state index >= 15 is 0 Å². The molecule has 0 aliphatic heterocycles. The maximum atomic E-state index is 6.17. The predicted molar refractivity (Wildman–Crippen MR) is 70.1 cm³/mol. The van der Waals surface area contributed by atoms with E-state index in [0.29, 0.717) is 5.15 Å². The minimum Gasteiger partial charge on any atom is -0.232 e. The van der Waals surface area contributed by atoms with Gasteiger partial charge in [-0.2, -0.15) is 0 Å². The van der Waals surface area contributed by atoms with Crippen molar-refractivity contribution in [1.29, 1.82) is 0 Å². The molecule has 0 saturated carbocycles. The van der Waals surface area contributed by atoms with E-state index in [1.54, 1.807) is 11.3 Å². The lowest BCUT2D eigenvalue weighted by molar-refractivity contribution is 0.900. The second-order valence-electron chi connectivity index (χ2n) is 3.75. The van der Waals surface area contributed by atoms with E-state index in [9.17, 15) is 0 Å². The number of halogens is 2. The first-order chi connectivity index (χ1) is 7.74. The third-order valence-electron chi connectivity index (χ3n) is 2.67. The maximum Gasteiger partial charge on any atom is 0.171 e. The Kier molecular flexibility index (Phi) is 2.73. The monoisotopic (exact) mass is 314 g/mol. The zero-order valence-corrected chi connectivity index (χ0v) is 11.5. The molecule has 0 unspecified atom stereocenters. The maximum absolute atomic E-state index is 6.17. The molecular formula is C11H8BrClN2S. The summed E-state index contributed by atoms with van der Waals surface area (Å²) in [5.74, 6) is 0.751. The Balaban J connectivity index is 2.12. The van der Waals surface area contributed by atoms with E-state index in [1.807, 2.05) is 11.4 Å². The fraction of sp³-hybridized carbons (Fsp3) is 0.273. The number of hydrogen-bond acceptors (Lipinski definition) is 3. The number of rotatable bonds is 1. The quantitative estimate of drug-likeness (QED) is 0.740. The van der Waals surface area contributed by atoms with Crippen LogP contribution in [0.15, 0.2) is 15.9 Å². The van der Waals surface area contributed by atoms with Gasteiger partial charge in [-0.25, -0.2) is 9.97 Å². The lowest BCUT2D eigenvalue weighted by Crippen LogP contribution is -1.96. The summed E-state index contributed by atoms with van der Waals surface area (Å²) in [4.78, 5) is 10.0. The smallest absolute Gasteiger partial charge is 0.171 e. The average Bonchev–Trinajstić information content (AvgIpc) is 2.85. The molecule has 0 amide bonds. The van der Waals surface area contributed by atoms with Crippen LogP contribution in [0.4, 0.5) is 0 Å². The molecule has 2 aromatic heterocycles. The number of aryl methyl sites for hydroxylation is 1. The zero-order chi connectivity index (χ0) is 11.1. The van der Waals surface area contributed by atoms with Gasteiger partial charge in [-0.15, -0.1) is 11.3 Å². The molecule has 1 aliphatic rings. The topological polar surface area (TPSA) is 25.8 Å². The largest absolute Gasteiger partial charge is 0.232 e. The minimum atomic E-state index is 0.627. The SMILES string of the molecule is Clc1nc(-c2cc(Br)cs2)nc2c1CCC2. The number of thiophene rings is 1. The van der Waals surface area contributed by atoms with Crippen molar-refractivity contribution < 1.29 is 0 Å². The Hall–Kier alpha value is -0.450. The minimum absolute atomic E-state index is 0.627. The number of nitrogens with zero attached hydrogens (tertiary/aromatic N) is 2. The van der Waals surface area contributed by atoms with Crippen LogP contribution in [-0.2, 0) is 12.8 Å². The third-order valence-corrected chi connectivity index (χ3v) is 4.67. The molecule has 3 rings (SSSR count). The van der Waals surface area contributed by atoms with Gasteiger partial charge >= 0.3 is 0 Å². The second-order valence-corrected chi connectivity index (χ2v) is 5.93. The molecule has 0 aromatic carbocycles. The highest BCUT2D eigenvalue weighted by Gasteiger charge is 2.19.